The third-order valence-electron chi connectivity index (χ3n) is 5.03. The van der Waals surface area contributed by atoms with Crippen LogP contribution in [0.4, 0.5) is 17.3 Å². The van der Waals surface area contributed by atoms with Gasteiger partial charge in [-0.1, -0.05) is 49.7 Å². The molecular formula is C26H23ClN4O. The molecule has 5 nitrogen and oxygen atoms in total. The average molecular weight is 443 g/mol. The molecule has 3 aromatic carbocycles. The summed E-state index contributed by atoms with van der Waals surface area (Å²) in [6.45, 7) is 4.28. The first-order valence-corrected chi connectivity index (χ1v) is 10.7. The Kier molecular flexibility index (Phi) is 6.47. The molecule has 0 spiro atoms. The lowest BCUT2D eigenvalue weighted by molar-refractivity contribution is 0.102. The predicted octanol–water partition coefficient (Wildman–Crippen LogP) is 6.92. The van der Waals surface area contributed by atoms with Gasteiger partial charge in [0.05, 0.1) is 5.69 Å². The fourth-order valence-corrected chi connectivity index (χ4v) is 3.31. The molecule has 2 N–H and O–H groups in total. The number of anilines is 3. The van der Waals surface area contributed by atoms with Crippen LogP contribution in [0.5, 0.6) is 0 Å². The zero-order chi connectivity index (χ0) is 22.5. The fourth-order valence-electron chi connectivity index (χ4n) is 3.19. The number of amides is 1. The summed E-state index contributed by atoms with van der Waals surface area (Å²) in [5, 5.41) is 6.79. The molecule has 0 bridgehead atoms. The molecule has 4 rings (SSSR count). The molecule has 0 aliphatic carbocycles. The van der Waals surface area contributed by atoms with Crippen molar-refractivity contribution in [2.45, 2.75) is 19.8 Å². The topological polar surface area (TPSA) is 66.9 Å². The summed E-state index contributed by atoms with van der Waals surface area (Å²) >= 11 is 5.96. The molecule has 0 saturated carbocycles. The lowest BCUT2D eigenvalue weighted by atomic mass is 10.0. The molecule has 32 heavy (non-hydrogen) atoms. The molecule has 1 aromatic heterocycles. The quantitative estimate of drug-likeness (QED) is 0.340. The largest absolute Gasteiger partial charge is 0.324 e. The first-order chi connectivity index (χ1) is 15.5. The van der Waals surface area contributed by atoms with E-state index in [0.717, 1.165) is 22.6 Å². The number of rotatable bonds is 6. The van der Waals surface area contributed by atoms with Crippen molar-refractivity contribution in [3.63, 3.8) is 0 Å². The van der Waals surface area contributed by atoms with Gasteiger partial charge in [-0.2, -0.15) is 0 Å². The van der Waals surface area contributed by atoms with Crippen LogP contribution in [0.1, 0.15) is 35.7 Å². The zero-order valence-electron chi connectivity index (χ0n) is 17.8. The molecule has 0 aliphatic heterocycles. The third kappa shape index (κ3) is 5.31. The lowest BCUT2D eigenvalue weighted by Crippen LogP contribution is -2.11. The van der Waals surface area contributed by atoms with Crippen LogP contribution in [0.3, 0.4) is 0 Å². The van der Waals surface area contributed by atoms with Gasteiger partial charge in [-0.15, -0.1) is 0 Å². The number of nitrogens with one attached hydrogen (secondary N) is 2. The van der Waals surface area contributed by atoms with Gasteiger partial charge >= 0.3 is 0 Å². The van der Waals surface area contributed by atoms with E-state index in [1.807, 2.05) is 66.7 Å². The highest BCUT2D eigenvalue weighted by atomic mass is 35.5. The van der Waals surface area contributed by atoms with E-state index in [9.17, 15) is 4.79 Å². The van der Waals surface area contributed by atoms with Gasteiger partial charge in [-0.3, -0.25) is 4.79 Å². The maximum absolute atomic E-state index is 12.6. The van der Waals surface area contributed by atoms with Gasteiger partial charge in [-0.05, 0) is 66.1 Å². The zero-order valence-corrected chi connectivity index (χ0v) is 18.6. The minimum Gasteiger partial charge on any atom is -0.324 e. The van der Waals surface area contributed by atoms with Gasteiger partial charge in [0.1, 0.15) is 0 Å². The van der Waals surface area contributed by atoms with Gasteiger partial charge < -0.3 is 10.6 Å². The number of benzene rings is 3. The van der Waals surface area contributed by atoms with Crippen molar-refractivity contribution >= 4 is 34.8 Å². The molecular weight excluding hydrogens is 420 g/mol. The fraction of sp³-hybridized carbons (Fsp3) is 0.115. The van der Waals surface area contributed by atoms with E-state index < -0.39 is 0 Å². The van der Waals surface area contributed by atoms with E-state index in [2.05, 4.69) is 34.4 Å². The minimum atomic E-state index is -0.158. The number of carbonyl (C=O) groups excluding carboxylic acids is 1. The Balaban J connectivity index is 1.42. The number of hydrogen-bond donors (Lipinski definition) is 2. The molecule has 0 unspecified atom stereocenters. The SMILES string of the molecule is CC(C)c1ccc(NC(=O)c2ccc(Nc3nccc(-c4ccc(Cl)cc4)n3)cc2)cc1. The molecule has 1 heterocycles. The van der Waals surface area contributed by atoms with Crippen molar-refractivity contribution in [1.29, 1.82) is 0 Å². The van der Waals surface area contributed by atoms with E-state index in [1.54, 1.807) is 18.3 Å². The summed E-state index contributed by atoms with van der Waals surface area (Å²) in [5.41, 5.74) is 5.11. The normalized spacial score (nSPS) is 10.8. The lowest BCUT2D eigenvalue weighted by Gasteiger charge is -2.10. The van der Waals surface area contributed by atoms with Crippen molar-refractivity contribution in [3.8, 4) is 11.3 Å². The van der Waals surface area contributed by atoms with E-state index in [0.29, 0.717) is 22.5 Å². The Morgan fingerprint density at radius 1 is 0.844 bits per heavy atom. The molecule has 160 valence electrons. The number of halogens is 1. The second-order valence-corrected chi connectivity index (χ2v) is 8.14. The second-order valence-electron chi connectivity index (χ2n) is 7.71. The van der Waals surface area contributed by atoms with Gasteiger partial charge in [0, 0.05) is 33.7 Å². The number of aromatic nitrogens is 2. The van der Waals surface area contributed by atoms with Crippen LogP contribution in [-0.4, -0.2) is 15.9 Å². The van der Waals surface area contributed by atoms with Crippen LogP contribution in [0.15, 0.2) is 85.1 Å². The van der Waals surface area contributed by atoms with Crippen molar-refractivity contribution in [3.05, 3.63) is 101 Å². The van der Waals surface area contributed by atoms with Crippen molar-refractivity contribution < 1.29 is 4.79 Å². The van der Waals surface area contributed by atoms with E-state index in [4.69, 9.17) is 11.6 Å². The first-order valence-electron chi connectivity index (χ1n) is 10.4. The summed E-state index contributed by atoms with van der Waals surface area (Å²) in [6.07, 6.45) is 1.70. The second kappa shape index (κ2) is 9.62. The van der Waals surface area contributed by atoms with Crippen LogP contribution in [-0.2, 0) is 0 Å². The third-order valence-corrected chi connectivity index (χ3v) is 5.29. The van der Waals surface area contributed by atoms with Gasteiger partial charge in [0.2, 0.25) is 5.95 Å². The highest BCUT2D eigenvalue weighted by Gasteiger charge is 2.08. The van der Waals surface area contributed by atoms with E-state index in [1.165, 1.54) is 5.56 Å². The summed E-state index contributed by atoms with van der Waals surface area (Å²) in [4.78, 5) is 21.4. The smallest absolute Gasteiger partial charge is 0.255 e. The Labute approximate surface area is 192 Å². The summed E-state index contributed by atoms with van der Waals surface area (Å²) < 4.78 is 0. The van der Waals surface area contributed by atoms with Gasteiger partial charge in [0.15, 0.2) is 0 Å². The minimum absolute atomic E-state index is 0.158. The number of carbonyl (C=O) groups is 1. The summed E-state index contributed by atoms with van der Waals surface area (Å²) in [7, 11) is 0. The van der Waals surface area contributed by atoms with Crippen LogP contribution in [0, 0.1) is 0 Å². The Morgan fingerprint density at radius 2 is 1.50 bits per heavy atom. The molecule has 4 aromatic rings. The Morgan fingerprint density at radius 3 is 2.16 bits per heavy atom. The van der Waals surface area contributed by atoms with Crippen LogP contribution >= 0.6 is 11.6 Å². The van der Waals surface area contributed by atoms with Crippen LogP contribution < -0.4 is 10.6 Å². The van der Waals surface area contributed by atoms with E-state index >= 15 is 0 Å². The summed E-state index contributed by atoms with van der Waals surface area (Å²) in [6, 6.07) is 24.4. The molecule has 0 saturated heterocycles. The molecule has 0 radical (unpaired) electrons. The highest BCUT2D eigenvalue weighted by Crippen LogP contribution is 2.22. The number of nitrogens with zero attached hydrogens (tertiary/aromatic N) is 2. The number of hydrogen-bond acceptors (Lipinski definition) is 4. The van der Waals surface area contributed by atoms with Crippen LogP contribution in [0.2, 0.25) is 5.02 Å². The first kappa shape index (κ1) is 21.5. The highest BCUT2D eigenvalue weighted by molar-refractivity contribution is 6.30. The molecule has 0 atom stereocenters. The Hall–Kier alpha value is -3.70. The predicted molar refractivity (Wildman–Crippen MR) is 131 cm³/mol. The summed E-state index contributed by atoms with van der Waals surface area (Å²) in [5.74, 6) is 0.769. The average Bonchev–Trinajstić information content (AvgIpc) is 2.80. The van der Waals surface area contributed by atoms with E-state index in [-0.39, 0.29) is 5.91 Å². The van der Waals surface area contributed by atoms with Gasteiger partial charge in [-0.25, -0.2) is 9.97 Å². The Bertz CT molecular complexity index is 1200. The maximum atomic E-state index is 12.6. The molecule has 6 heteroatoms. The van der Waals surface area contributed by atoms with Crippen LogP contribution in [0.25, 0.3) is 11.3 Å². The van der Waals surface area contributed by atoms with Crippen molar-refractivity contribution in [2.24, 2.45) is 0 Å². The molecule has 1 amide bonds. The standard InChI is InChI=1S/C26H23ClN4O/c1-17(2)18-5-11-22(12-6-18)29-25(32)20-7-13-23(14-8-20)30-26-28-16-15-24(31-26)19-3-9-21(27)10-4-19/h3-17H,1-2H3,(H,29,32)(H,28,30,31). The molecule has 0 aliphatic rings. The van der Waals surface area contributed by atoms with Gasteiger partial charge in [0.25, 0.3) is 5.91 Å². The van der Waals surface area contributed by atoms with Crippen molar-refractivity contribution in [2.75, 3.05) is 10.6 Å². The monoisotopic (exact) mass is 442 g/mol. The van der Waals surface area contributed by atoms with Crippen molar-refractivity contribution in [1.82, 2.24) is 9.97 Å². The molecule has 0 fully saturated rings. The maximum Gasteiger partial charge on any atom is 0.255 e.